The summed E-state index contributed by atoms with van der Waals surface area (Å²) in [6, 6.07) is 3.83. The molecule has 1 aliphatic heterocycles. The Morgan fingerprint density at radius 1 is 1.32 bits per heavy atom. The predicted molar refractivity (Wildman–Crippen MR) is 79.8 cm³/mol. The highest BCUT2D eigenvalue weighted by molar-refractivity contribution is 5.99. The predicted octanol–water partition coefficient (Wildman–Crippen LogP) is 2.69. The first-order valence-electron chi connectivity index (χ1n) is 6.96. The number of anilines is 1. The van der Waals surface area contributed by atoms with Crippen molar-refractivity contribution in [1.82, 2.24) is 4.98 Å². The summed E-state index contributed by atoms with van der Waals surface area (Å²) in [6.45, 7) is 8.62. The Labute approximate surface area is 115 Å². The molecule has 19 heavy (non-hydrogen) atoms. The number of nitrogens with zero attached hydrogens (tertiary/aromatic N) is 2. The lowest BCUT2D eigenvalue weighted by molar-refractivity contribution is 0.325. The Bertz CT molecular complexity index is 479. The first-order valence-corrected chi connectivity index (χ1v) is 6.96. The van der Waals surface area contributed by atoms with E-state index in [9.17, 15) is 0 Å². The quantitative estimate of drug-likeness (QED) is 0.634. The smallest absolute Gasteiger partial charge is 0.139 e. The van der Waals surface area contributed by atoms with E-state index in [4.69, 9.17) is 11.1 Å². The van der Waals surface area contributed by atoms with E-state index in [2.05, 4.69) is 23.7 Å². The van der Waals surface area contributed by atoms with Crippen molar-refractivity contribution in [3.05, 3.63) is 23.4 Å². The molecule has 0 aliphatic carbocycles. The van der Waals surface area contributed by atoms with Crippen molar-refractivity contribution in [2.75, 3.05) is 18.0 Å². The molecule has 4 nitrogen and oxygen atoms in total. The lowest BCUT2D eigenvalue weighted by Gasteiger charge is -2.25. The number of hydrogen-bond donors (Lipinski definition) is 2. The summed E-state index contributed by atoms with van der Waals surface area (Å²) in [5.74, 6) is 0.983. The van der Waals surface area contributed by atoms with Crippen LogP contribution in [0.4, 0.5) is 5.82 Å². The zero-order valence-electron chi connectivity index (χ0n) is 12.2. The second-order valence-corrected chi connectivity index (χ2v) is 6.24. The lowest BCUT2D eigenvalue weighted by Crippen LogP contribution is -2.29. The number of rotatable bonds is 2. The largest absolute Gasteiger partial charge is 0.384 e. The van der Waals surface area contributed by atoms with Gasteiger partial charge in [-0.2, -0.15) is 0 Å². The second kappa shape index (κ2) is 5.19. The average molecular weight is 260 g/mol. The highest BCUT2D eigenvalue weighted by Crippen LogP contribution is 2.32. The molecule has 0 bridgehead atoms. The third kappa shape index (κ3) is 3.25. The number of aromatic nitrogens is 1. The first kappa shape index (κ1) is 13.8. The molecular formula is C15H24N4. The van der Waals surface area contributed by atoms with E-state index >= 15 is 0 Å². The Balaban J connectivity index is 2.30. The van der Waals surface area contributed by atoms with Gasteiger partial charge in [-0.1, -0.05) is 13.8 Å². The fraction of sp³-hybridized carbons (Fsp3) is 0.600. The topological polar surface area (TPSA) is 66.0 Å². The molecule has 0 unspecified atom stereocenters. The van der Waals surface area contributed by atoms with Crippen LogP contribution >= 0.6 is 0 Å². The third-order valence-corrected chi connectivity index (χ3v) is 3.94. The summed E-state index contributed by atoms with van der Waals surface area (Å²) in [7, 11) is 0. The zero-order valence-corrected chi connectivity index (χ0v) is 12.2. The molecule has 1 fully saturated rings. The molecule has 1 aliphatic rings. The lowest BCUT2D eigenvalue weighted by atomic mass is 9.85. The van der Waals surface area contributed by atoms with Gasteiger partial charge in [-0.3, -0.25) is 5.41 Å². The van der Waals surface area contributed by atoms with Gasteiger partial charge in [-0.15, -0.1) is 0 Å². The van der Waals surface area contributed by atoms with E-state index in [-0.39, 0.29) is 5.84 Å². The molecule has 1 aromatic rings. The van der Waals surface area contributed by atoms with Crippen LogP contribution in [0, 0.1) is 17.7 Å². The SMILES string of the molecule is Cc1ccc(C(=N)N)c(N2CCCC(C)(C)CC2)n1. The minimum Gasteiger partial charge on any atom is -0.384 e. The minimum absolute atomic E-state index is 0.103. The van der Waals surface area contributed by atoms with Gasteiger partial charge in [0.2, 0.25) is 0 Å². The van der Waals surface area contributed by atoms with E-state index < -0.39 is 0 Å². The van der Waals surface area contributed by atoms with E-state index in [1.807, 2.05) is 19.1 Å². The van der Waals surface area contributed by atoms with Gasteiger partial charge in [-0.05, 0) is 43.7 Å². The highest BCUT2D eigenvalue weighted by atomic mass is 15.2. The Morgan fingerprint density at radius 3 is 2.74 bits per heavy atom. The molecule has 2 heterocycles. The van der Waals surface area contributed by atoms with E-state index in [1.54, 1.807) is 0 Å². The number of nitrogen functional groups attached to an aromatic ring is 1. The van der Waals surface area contributed by atoms with Crippen LogP contribution in [0.5, 0.6) is 0 Å². The van der Waals surface area contributed by atoms with Gasteiger partial charge < -0.3 is 10.6 Å². The van der Waals surface area contributed by atoms with Gasteiger partial charge in [0.15, 0.2) is 0 Å². The number of hydrogen-bond acceptors (Lipinski definition) is 3. The van der Waals surface area contributed by atoms with Crippen LogP contribution in [-0.4, -0.2) is 23.9 Å². The second-order valence-electron chi connectivity index (χ2n) is 6.24. The van der Waals surface area contributed by atoms with E-state index in [0.717, 1.165) is 36.6 Å². The van der Waals surface area contributed by atoms with Crippen LogP contribution in [0.3, 0.4) is 0 Å². The molecule has 0 amide bonds. The van der Waals surface area contributed by atoms with E-state index in [1.165, 1.54) is 12.8 Å². The van der Waals surface area contributed by atoms with Crippen molar-refractivity contribution in [1.29, 1.82) is 5.41 Å². The van der Waals surface area contributed by atoms with Crippen LogP contribution in [0.1, 0.15) is 44.4 Å². The molecule has 2 rings (SSSR count). The average Bonchev–Trinajstić information content (AvgIpc) is 2.49. The van der Waals surface area contributed by atoms with Gasteiger partial charge in [-0.25, -0.2) is 4.98 Å². The maximum absolute atomic E-state index is 7.71. The summed E-state index contributed by atoms with van der Waals surface area (Å²) >= 11 is 0. The molecule has 0 saturated carbocycles. The first-order chi connectivity index (χ1) is 8.89. The van der Waals surface area contributed by atoms with Gasteiger partial charge in [0.25, 0.3) is 0 Å². The van der Waals surface area contributed by atoms with Crippen molar-refractivity contribution >= 4 is 11.7 Å². The molecule has 1 saturated heterocycles. The van der Waals surface area contributed by atoms with Crippen LogP contribution < -0.4 is 10.6 Å². The molecule has 0 radical (unpaired) electrons. The summed E-state index contributed by atoms with van der Waals surface area (Å²) in [5.41, 5.74) is 7.81. The standard InChI is InChI=1S/C15H24N4/c1-11-5-6-12(13(16)17)14(18-11)19-9-4-7-15(2,3)8-10-19/h5-6H,4,7-10H2,1-3H3,(H3,16,17). The molecule has 0 aromatic carbocycles. The molecule has 104 valence electrons. The number of nitrogens with one attached hydrogen (secondary N) is 1. The zero-order chi connectivity index (χ0) is 14.0. The van der Waals surface area contributed by atoms with Gasteiger partial charge in [0.05, 0.1) is 5.56 Å². The Morgan fingerprint density at radius 2 is 2.05 bits per heavy atom. The fourth-order valence-electron chi connectivity index (χ4n) is 2.63. The molecule has 1 aromatic heterocycles. The molecule has 4 heteroatoms. The highest BCUT2D eigenvalue weighted by Gasteiger charge is 2.25. The summed E-state index contributed by atoms with van der Waals surface area (Å²) in [4.78, 5) is 6.90. The molecule has 0 atom stereocenters. The third-order valence-electron chi connectivity index (χ3n) is 3.94. The van der Waals surface area contributed by atoms with E-state index in [0.29, 0.717) is 5.41 Å². The van der Waals surface area contributed by atoms with Gasteiger partial charge in [0.1, 0.15) is 11.7 Å². The van der Waals surface area contributed by atoms with Crippen molar-refractivity contribution in [3.63, 3.8) is 0 Å². The van der Waals surface area contributed by atoms with Crippen molar-refractivity contribution in [2.24, 2.45) is 11.1 Å². The molecule has 0 spiro atoms. The molecular weight excluding hydrogens is 236 g/mol. The summed E-state index contributed by atoms with van der Waals surface area (Å²) in [6.07, 6.45) is 3.56. The number of pyridine rings is 1. The van der Waals surface area contributed by atoms with Gasteiger partial charge in [0, 0.05) is 18.8 Å². The fourth-order valence-corrected chi connectivity index (χ4v) is 2.63. The Kier molecular flexibility index (Phi) is 3.78. The number of nitrogens with two attached hydrogens (primary N) is 1. The number of amidine groups is 1. The number of aryl methyl sites for hydroxylation is 1. The summed E-state index contributed by atoms with van der Waals surface area (Å²) in [5, 5.41) is 7.71. The van der Waals surface area contributed by atoms with Crippen LogP contribution in [-0.2, 0) is 0 Å². The minimum atomic E-state index is 0.103. The maximum atomic E-state index is 7.71. The summed E-state index contributed by atoms with van der Waals surface area (Å²) < 4.78 is 0. The van der Waals surface area contributed by atoms with Gasteiger partial charge >= 0.3 is 0 Å². The van der Waals surface area contributed by atoms with Crippen molar-refractivity contribution in [2.45, 2.75) is 40.0 Å². The normalized spacial score (nSPS) is 19.0. The molecule has 3 N–H and O–H groups in total. The van der Waals surface area contributed by atoms with Crippen LogP contribution in [0.25, 0.3) is 0 Å². The van der Waals surface area contributed by atoms with Crippen LogP contribution in [0.15, 0.2) is 12.1 Å². The van der Waals surface area contributed by atoms with Crippen molar-refractivity contribution < 1.29 is 0 Å². The monoisotopic (exact) mass is 260 g/mol. The van der Waals surface area contributed by atoms with Crippen molar-refractivity contribution in [3.8, 4) is 0 Å². The maximum Gasteiger partial charge on any atom is 0.139 e. The van der Waals surface area contributed by atoms with Crippen LogP contribution in [0.2, 0.25) is 0 Å². The Hall–Kier alpha value is -1.58.